The third-order valence-electron chi connectivity index (χ3n) is 2.71. The molecule has 3 nitrogen and oxygen atoms in total. The molecule has 0 unspecified atom stereocenters. The number of halogens is 3. The second-order valence-corrected chi connectivity index (χ2v) is 4.39. The van der Waals surface area contributed by atoms with Gasteiger partial charge in [-0.05, 0) is 35.0 Å². The first-order chi connectivity index (χ1) is 6.77. The minimum Gasteiger partial charge on any atom is -0.453 e. The normalized spacial score (nSPS) is 18.4. The van der Waals surface area contributed by atoms with Crippen LogP contribution in [0.2, 0.25) is 0 Å². The van der Waals surface area contributed by atoms with Crippen LogP contribution in [0.5, 0.6) is 0 Å². The van der Waals surface area contributed by atoms with Gasteiger partial charge in [-0.2, -0.15) is 0 Å². The molecule has 1 fully saturated rings. The Kier molecular flexibility index (Phi) is 7.68. The molecule has 2 heterocycles. The zero-order valence-electron chi connectivity index (χ0n) is 9.11. The van der Waals surface area contributed by atoms with Crippen molar-refractivity contribution in [3.05, 3.63) is 22.6 Å². The van der Waals surface area contributed by atoms with Crippen molar-refractivity contribution in [2.24, 2.45) is 0 Å². The van der Waals surface area contributed by atoms with Gasteiger partial charge < -0.3 is 9.73 Å². The van der Waals surface area contributed by atoms with E-state index in [1.165, 1.54) is 0 Å². The van der Waals surface area contributed by atoms with Crippen LogP contribution in [0.25, 0.3) is 0 Å². The Morgan fingerprint density at radius 2 is 1.94 bits per heavy atom. The van der Waals surface area contributed by atoms with Crippen LogP contribution >= 0.6 is 40.7 Å². The van der Waals surface area contributed by atoms with E-state index in [0.29, 0.717) is 6.04 Å². The SMILES string of the molecule is C[C@@H](c1ccc(Br)o1)N1CCNCC1.Cl.Cl. The Morgan fingerprint density at radius 1 is 1.31 bits per heavy atom. The zero-order valence-corrected chi connectivity index (χ0v) is 12.3. The minimum absolute atomic E-state index is 0. The second kappa shape index (κ2) is 7.56. The molecule has 1 aliphatic rings. The first-order valence-electron chi connectivity index (χ1n) is 4.97. The van der Waals surface area contributed by atoms with Crippen LogP contribution in [0.4, 0.5) is 0 Å². The van der Waals surface area contributed by atoms with E-state index in [2.05, 4.69) is 33.1 Å². The zero-order chi connectivity index (χ0) is 9.97. The maximum absolute atomic E-state index is 5.55. The third-order valence-corrected chi connectivity index (χ3v) is 3.13. The van der Waals surface area contributed by atoms with E-state index >= 15 is 0 Å². The van der Waals surface area contributed by atoms with Gasteiger partial charge in [-0.15, -0.1) is 24.8 Å². The fraction of sp³-hybridized carbons (Fsp3) is 0.600. The molecule has 1 atom stereocenters. The molecule has 0 amide bonds. The van der Waals surface area contributed by atoms with Crippen LogP contribution in [-0.2, 0) is 0 Å². The van der Waals surface area contributed by atoms with E-state index in [4.69, 9.17) is 4.42 Å². The number of hydrogen-bond acceptors (Lipinski definition) is 3. The predicted octanol–water partition coefficient (Wildman–Crippen LogP) is 2.85. The summed E-state index contributed by atoms with van der Waals surface area (Å²) in [7, 11) is 0. The van der Waals surface area contributed by atoms with Crippen molar-refractivity contribution >= 4 is 40.7 Å². The van der Waals surface area contributed by atoms with Gasteiger partial charge in [0, 0.05) is 26.2 Å². The van der Waals surface area contributed by atoms with E-state index in [0.717, 1.165) is 36.6 Å². The third kappa shape index (κ3) is 3.93. The van der Waals surface area contributed by atoms with Crippen molar-refractivity contribution in [3.8, 4) is 0 Å². The molecule has 0 radical (unpaired) electrons. The summed E-state index contributed by atoms with van der Waals surface area (Å²) in [5.74, 6) is 1.04. The second-order valence-electron chi connectivity index (χ2n) is 3.60. The lowest BCUT2D eigenvalue weighted by Gasteiger charge is -2.31. The standard InChI is InChI=1S/C10H15BrN2O.2ClH/c1-8(9-2-3-10(11)14-9)13-6-4-12-5-7-13;;/h2-3,8,12H,4-7H2,1H3;2*1H/t8-;;/m0../s1. The fourth-order valence-corrected chi connectivity index (χ4v) is 2.12. The molecule has 0 spiro atoms. The van der Waals surface area contributed by atoms with Crippen molar-refractivity contribution in [3.63, 3.8) is 0 Å². The number of furan rings is 1. The lowest BCUT2D eigenvalue weighted by atomic mass is 10.2. The van der Waals surface area contributed by atoms with Gasteiger partial charge in [0.15, 0.2) is 4.67 Å². The van der Waals surface area contributed by atoms with Gasteiger partial charge >= 0.3 is 0 Å². The molecule has 1 aromatic rings. The average molecular weight is 332 g/mol. The maximum Gasteiger partial charge on any atom is 0.169 e. The molecule has 0 bridgehead atoms. The van der Waals surface area contributed by atoms with Gasteiger partial charge in [0.25, 0.3) is 0 Å². The van der Waals surface area contributed by atoms with E-state index in [1.807, 2.05) is 12.1 Å². The predicted molar refractivity (Wildman–Crippen MR) is 73.8 cm³/mol. The van der Waals surface area contributed by atoms with Crippen LogP contribution in [0.1, 0.15) is 18.7 Å². The van der Waals surface area contributed by atoms with Gasteiger partial charge in [0.1, 0.15) is 5.76 Å². The van der Waals surface area contributed by atoms with Crippen molar-refractivity contribution in [1.82, 2.24) is 10.2 Å². The Balaban J connectivity index is 0.00000112. The van der Waals surface area contributed by atoms with Crippen molar-refractivity contribution in [2.75, 3.05) is 26.2 Å². The maximum atomic E-state index is 5.55. The van der Waals surface area contributed by atoms with Crippen molar-refractivity contribution < 1.29 is 4.42 Å². The Hall–Kier alpha value is 0.260. The van der Waals surface area contributed by atoms with Crippen molar-refractivity contribution in [1.29, 1.82) is 0 Å². The summed E-state index contributed by atoms with van der Waals surface area (Å²) < 4.78 is 6.37. The number of rotatable bonds is 2. The van der Waals surface area contributed by atoms with Crippen LogP contribution in [0, 0.1) is 0 Å². The molecule has 1 aromatic heterocycles. The molecular weight excluding hydrogens is 315 g/mol. The number of nitrogens with one attached hydrogen (secondary N) is 1. The molecule has 16 heavy (non-hydrogen) atoms. The molecular formula is C10H17BrCl2N2O. The Morgan fingerprint density at radius 3 is 2.44 bits per heavy atom. The highest BCUT2D eigenvalue weighted by molar-refractivity contribution is 9.10. The lowest BCUT2D eigenvalue weighted by Crippen LogP contribution is -2.44. The number of hydrogen-bond donors (Lipinski definition) is 1. The summed E-state index contributed by atoms with van der Waals surface area (Å²) in [4.78, 5) is 2.43. The van der Waals surface area contributed by atoms with Crippen LogP contribution in [0.3, 0.4) is 0 Å². The monoisotopic (exact) mass is 330 g/mol. The van der Waals surface area contributed by atoms with Crippen molar-refractivity contribution in [2.45, 2.75) is 13.0 Å². The average Bonchev–Trinajstić information content (AvgIpc) is 2.65. The first-order valence-corrected chi connectivity index (χ1v) is 5.76. The molecule has 2 rings (SSSR count). The van der Waals surface area contributed by atoms with Crippen LogP contribution in [0.15, 0.2) is 21.2 Å². The molecule has 6 heteroatoms. The summed E-state index contributed by atoms with van der Waals surface area (Å²) in [6, 6.07) is 4.37. The van der Waals surface area contributed by atoms with Crippen LogP contribution in [-0.4, -0.2) is 31.1 Å². The van der Waals surface area contributed by atoms with E-state index < -0.39 is 0 Å². The largest absolute Gasteiger partial charge is 0.453 e. The smallest absolute Gasteiger partial charge is 0.169 e. The van der Waals surface area contributed by atoms with Gasteiger partial charge in [-0.1, -0.05) is 0 Å². The molecule has 1 aliphatic heterocycles. The highest BCUT2D eigenvalue weighted by atomic mass is 79.9. The fourth-order valence-electron chi connectivity index (χ4n) is 1.80. The molecule has 1 N–H and O–H groups in total. The quantitative estimate of drug-likeness (QED) is 0.903. The summed E-state index contributed by atoms with van der Waals surface area (Å²) in [6.45, 7) is 6.54. The van der Waals surface area contributed by atoms with Crippen LogP contribution < -0.4 is 5.32 Å². The Bertz CT molecular complexity index is 303. The minimum atomic E-state index is 0. The number of nitrogens with zero attached hydrogens (tertiary/aromatic N) is 1. The van der Waals surface area contributed by atoms with Gasteiger partial charge in [0.2, 0.25) is 0 Å². The van der Waals surface area contributed by atoms with E-state index in [1.54, 1.807) is 0 Å². The molecule has 0 aromatic carbocycles. The van der Waals surface area contributed by atoms with Gasteiger partial charge in [0.05, 0.1) is 6.04 Å². The summed E-state index contributed by atoms with van der Waals surface area (Å²) in [6.07, 6.45) is 0. The van der Waals surface area contributed by atoms with E-state index in [9.17, 15) is 0 Å². The first kappa shape index (κ1) is 16.3. The number of piperazine rings is 1. The van der Waals surface area contributed by atoms with Gasteiger partial charge in [-0.25, -0.2) is 0 Å². The summed E-state index contributed by atoms with van der Waals surface area (Å²) in [5, 5.41) is 3.34. The molecule has 94 valence electrons. The Labute approximate surface area is 117 Å². The topological polar surface area (TPSA) is 28.4 Å². The highest BCUT2D eigenvalue weighted by Crippen LogP contribution is 2.24. The molecule has 0 aliphatic carbocycles. The summed E-state index contributed by atoms with van der Waals surface area (Å²) in [5.41, 5.74) is 0. The molecule has 1 saturated heterocycles. The summed E-state index contributed by atoms with van der Waals surface area (Å²) >= 11 is 3.33. The molecule has 0 saturated carbocycles. The lowest BCUT2D eigenvalue weighted by molar-refractivity contribution is 0.166. The highest BCUT2D eigenvalue weighted by Gasteiger charge is 2.20. The van der Waals surface area contributed by atoms with Gasteiger partial charge in [-0.3, -0.25) is 4.90 Å². The van der Waals surface area contributed by atoms with E-state index in [-0.39, 0.29) is 24.8 Å².